The number of hydrogen-bond donors (Lipinski definition) is 3. The van der Waals surface area contributed by atoms with Crippen molar-refractivity contribution in [1.82, 2.24) is 15.6 Å². The fourth-order valence-corrected chi connectivity index (χ4v) is 2.66. The third-order valence-electron chi connectivity index (χ3n) is 3.87. The van der Waals surface area contributed by atoms with E-state index in [4.69, 9.17) is 0 Å². The van der Waals surface area contributed by atoms with Crippen LogP contribution in [0.5, 0.6) is 0 Å². The predicted molar refractivity (Wildman–Crippen MR) is 92.4 cm³/mol. The zero-order chi connectivity index (χ0) is 14.9. The first-order chi connectivity index (χ1) is 10.3. The Balaban J connectivity index is 0.00000242. The molecule has 0 saturated carbocycles. The average molecular weight is 327 g/mol. The molecule has 1 aromatic rings. The molecule has 1 amide bonds. The van der Waals surface area contributed by atoms with E-state index in [-0.39, 0.29) is 24.2 Å². The van der Waals surface area contributed by atoms with Crippen LogP contribution in [0, 0.1) is 5.92 Å². The van der Waals surface area contributed by atoms with Crippen LogP contribution in [0.2, 0.25) is 0 Å². The van der Waals surface area contributed by atoms with Gasteiger partial charge in [-0.3, -0.25) is 4.79 Å². The Morgan fingerprint density at radius 1 is 1.36 bits per heavy atom. The van der Waals surface area contributed by atoms with E-state index in [9.17, 15) is 4.79 Å². The van der Waals surface area contributed by atoms with Crippen molar-refractivity contribution in [2.24, 2.45) is 5.92 Å². The number of unbranched alkanes of at least 4 members (excludes halogenated alkanes) is 1. The quantitative estimate of drug-likeness (QED) is 0.672. The number of aromatic nitrogens is 1. The molecular formula is C16H27ClN4O. The Morgan fingerprint density at radius 3 is 2.91 bits per heavy atom. The van der Waals surface area contributed by atoms with E-state index < -0.39 is 0 Å². The number of amides is 1. The molecule has 2 heterocycles. The first-order valence-electron chi connectivity index (χ1n) is 7.91. The summed E-state index contributed by atoms with van der Waals surface area (Å²) >= 11 is 0. The van der Waals surface area contributed by atoms with E-state index in [0.717, 1.165) is 51.1 Å². The second-order valence-electron chi connectivity index (χ2n) is 5.72. The molecule has 3 N–H and O–H groups in total. The summed E-state index contributed by atoms with van der Waals surface area (Å²) < 4.78 is 0. The average Bonchev–Trinajstić information content (AvgIpc) is 2.51. The van der Waals surface area contributed by atoms with Gasteiger partial charge < -0.3 is 16.0 Å². The van der Waals surface area contributed by atoms with E-state index in [1.807, 2.05) is 18.2 Å². The maximum Gasteiger partial charge on any atom is 0.223 e. The zero-order valence-corrected chi connectivity index (χ0v) is 14.0. The highest BCUT2D eigenvalue weighted by molar-refractivity contribution is 5.85. The van der Waals surface area contributed by atoms with Crippen LogP contribution in [0.1, 0.15) is 32.6 Å². The van der Waals surface area contributed by atoms with E-state index in [0.29, 0.717) is 6.04 Å². The Labute approximate surface area is 139 Å². The second-order valence-corrected chi connectivity index (χ2v) is 5.72. The molecule has 22 heavy (non-hydrogen) atoms. The number of carbonyl (C=O) groups is 1. The van der Waals surface area contributed by atoms with Gasteiger partial charge in [0.15, 0.2) is 0 Å². The number of nitrogens with one attached hydrogen (secondary N) is 3. The summed E-state index contributed by atoms with van der Waals surface area (Å²) in [5.74, 6) is 1.32. The number of pyridine rings is 1. The molecule has 0 unspecified atom stereocenters. The molecule has 1 aliphatic heterocycles. The third kappa shape index (κ3) is 6.62. The molecule has 6 heteroatoms. The molecule has 2 atom stereocenters. The molecule has 0 aliphatic carbocycles. The van der Waals surface area contributed by atoms with Crippen LogP contribution in [0.15, 0.2) is 24.4 Å². The number of nitrogens with zero attached hydrogens (tertiary/aromatic N) is 1. The molecular weight excluding hydrogens is 300 g/mol. The molecule has 0 aromatic carbocycles. The second kappa shape index (κ2) is 10.4. The van der Waals surface area contributed by atoms with Crippen molar-refractivity contribution in [2.45, 2.75) is 38.6 Å². The van der Waals surface area contributed by atoms with E-state index >= 15 is 0 Å². The number of rotatable bonds is 7. The number of anilines is 1. The monoisotopic (exact) mass is 326 g/mol. The fraction of sp³-hybridized carbons (Fsp3) is 0.625. The van der Waals surface area contributed by atoms with E-state index in [1.54, 1.807) is 6.20 Å². The lowest BCUT2D eigenvalue weighted by Gasteiger charge is -2.27. The smallest absolute Gasteiger partial charge is 0.223 e. The van der Waals surface area contributed by atoms with Crippen molar-refractivity contribution in [3.8, 4) is 0 Å². The van der Waals surface area contributed by atoms with Gasteiger partial charge in [-0.2, -0.15) is 0 Å². The summed E-state index contributed by atoms with van der Waals surface area (Å²) in [5.41, 5.74) is 0. The van der Waals surface area contributed by atoms with Crippen LogP contribution >= 0.6 is 12.4 Å². The van der Waals surface area contributed by atoms with Crippen LogP contribution in [0.4, 0.5) is 5.82 Å². The van der Waals surface area contributed by atoms with Gasteiger partial charge in [0.1, 0.15) is 5.82 Å². The van der Waals surface area contributed by atoms with Crippen molar-refractivity contribution in [1.29, 1.82) is 0 Å². The highest BCUT2D eigenvalue weighted by Crippen LogP contribution is 2.15. The maximum atomic E-state index is 12.0. The molecule has 1 aliphatic rings. The third-order valence-corrected chi connectivity index (χ3v) is 3.87. The minimum absolute atomic E-state index is 0. The highest BCUT2D eigenvalue weighted by Gasteiger charge is 2.23. The largest absolute Gasteiger partial charge is 0.370 e. The molecule has 5 nitrogen and oxygen atoms in total. The van der Waals surface area contributed by atoms with Gasteiger partial charge in [-0.25, -0.2) is 4.98 Å². The first-order valence-corrected chi connectivity index (χ1v) is 7.91. The van der Waals surface area contributed by atoms with Gasteiger partial charge in [-0.1, -0.05) is 6.07 Å². The van der Waals surface area contributed by atoms with Gasteiger partial charge in [0.05, 0.1) is 0 Å². The van der Waals surface area contributed by atoms with Gasteiger partial charge in [-0.15, -0.1) is 12.4 Å². The fourth-order valence-electron chi connectivity index (χ4n) is 2.66. The van der Waals surface area contributed by atoms with Gasteiger partial charge >= 0.3 is 0 Å². The number of piperidine rings is 1. The lowest BCUT2D eigenvalue weighted by molar-refractivity contribution is -0.126. The summed E-state index contributed by atoms with van der Waals surface area (Å²) in [4.78, 5) is 16.2. The summed E-state index contributed by atoms with van der Waals surface area (Å²) in [6.45, 7) is 4.74. The van der Waals surface area contributed by atoms with Crippen LogP contribution in [-0.2, 0) is 4.79 Å². The normalized spacial score (nSPS) is 20.8. The lowest BCUT2D eigenvalue weighted by atomic mass is 9.92. The number of halogens is 1. The summed E-state index contributed by atoms with van der Waals surface area (Å²) in [7, 11) is 0. The summed E-state index contributed by atoms with van der Waals surface area (Å²) in [6.07, 6.45) is 5.71. The van der Waals surface area contributed by atoms with Crippen LogP contribution in [-0.4, -0.2) is 36.6 Å². The molecule has 1 aromatic heterocycles. The van der Waals surface area contributed by atoms with Crippen molar-refractivity contribution < 1.29 is 4.79 Å². The van der Waals surface area contributed by atoms with Crippen molar-refractivity contribution >= 4 is 24.1 Å². The van der Waals surface area contributed by atoms with Crippen molar-refractivity contribution in [2.75, 3.05) is 25.0 Å². The SMILES string of the molecule is C[C@H]1C[C@@H](C(=O)NCCCCNc2ccccn2)CCN1.Cl. The highest BCUT2D eigenvalue weighted by atomic mass is 35.5. The molecule has 1 saturated heterocycles. The first kappa shape index (κ1) is 18.7. The summed E-state index contributed by atoms with van der Waals surface area (Å²) in [6, 6.07) is 6.29. The molecule has 2 rings (SSSR count). The Morgan fingerprint density at radius 2 is 2.18 bits per heavy atom. The van der Waals surface area contributed by atoms with Gasteiger partial charge in [0.2, 0.25) is 5.91 Å². The van der Waals surface area contributed by atoms with Crippen LogP contribution in [0.25, 0.3) is 0 Å². The standard InChI is InChI=1S/C16H26N4O.ClH/c1-13-12-14(7-11-17-13)16(21)20-10-5-4-9-19-15-6-2-3-8-18-15;/h2-3,6,8,13-14,17H,4-5,7,9-12H2,1H3,(H,18,19)(H,20,21);1H/t13-,14-;/m0./s1. The summed E-state index contributed by atoms with van der Waals surface area (Å²) in [5, 5.41) is 9.70. The Kier molecular flexibility index (Phi) is 8.85. The molecule has 0 bridgehead atoms. The molecule has 0 radical (unpaired) electrons. The van der Waals surface area contributed by atoms with Crippen molar-refractivity contribution in [3.63, 3.8) is 0 Å². The molecule has 0 spiro atoms. The molecule has 124 valence electrons. The zero-order valence-electron chi connectivity index (χ0n) is 13.2. The van der Waals surface area contributed by atoms with E-state index in [2.05, 4.69) is 27.9 Å². The Hall–Kier alpha value is -1.33. The maximum absolute atomic E-state index is 12.0. The van der Waals surface area contributed by atoms with Crippen molar-refractivity contribution in [3.05, 3.63) is 24.4 Å². The van der Waals surface area contributed by atoms with E-state index in [1.165, 1.54) is 0 Å². The minimum Gasteiger partial charge on any atom is -0.370 e. The number of carbonyl (C=O) groups excluding carboxylic acids is 1. The molecule has 1 fully saturated rings. The minimum atomic E-state index is 0. The Bertz CT molecular complexity index is 429. The lowest BCUT2D eigenvalue weighted by Crippen LogP contribution is -2.42. The number of hydrogen-bond acceptors (Lipinski definition) is 4. The van der Waals surface area contributed by atoms with Gasteiger partial charge in [0.25, 0.3) is 0 Å². The van der Waals surface area contributed by atoms with Gasteiger partial charge in [-0.05, 0) is 51.3 Å². The topological polar surface area (TPSA) is 66.0 Å². The van der Waals surface area contributed by atoms with Gasteiger partial charge in [0, 0.05) is 31.2 Å². The van der Waals surface area contributed by atoms with Crippen LogP contribution < -0.4 is 16.0 Å². The van der Waals surface area contributed by atoms with Crippen LogP contribution in [0.3, 0.4) is 0 Å². The predicted octanol–water partition coefficient (Wildman–Crippen LogP) is 2.20.